The highest BCUT2D eigenvalue weighted by molar-refractivity contribution is 8.27. The van der Waals surface area contributed by atoms with Crippen molar-refractivity contribution in [1.82, 2.24) is 0 Å². The molecule has 0 bridgehead atoms. The van der Waals surface area contributed by atoms with E-state index in [0.29, 0.717) is 36.3 Å². The lowest BCUT2D eigenvalue weighted by atomic mass is 10.1. The van der Waals surface area contributed by atoms with Gasteiger partial charge in [-0.2, -0.15) is 0 Å². The molecule has 1 aliphatic heterocycles. The number of methoxy groups -OCH3 is 1. The van der Waals surface area contributed by atoms with Crippen molar-refractivity contribution in [3.8, 4) is 11.5 Å². The lowest BCUT2D eigenvalue weighted by Gasteiger charge is -2.14. The number of carbonyl (C=O) groups is 1. The van der Waals surface area contributed by atoms with E-state index in [2.05, 4.69) is 0 Å². The van der Waals surface area contributed by atoms with E-state index in [-0.39, 0.29) is 12.5 Å². The van der Waals surface area contributed by atoms with Crippen molar-refractivity contribution in [2.24, 2.45) is 0 Å². The van der Waals surface area contributed by atoms with Gasteiger partial charge in [0.1, 0.15) is 6.61 Å². The predicted octanol–water partition coefficient (Wildman–Crippen LogP) is 6.99. The minimum atomic E-state index is -0.180. The Kier molecular flexibility index (Phi) is 7.06. The van der Waals surface area contributed by atoms with Crippen LogP contribution in [0.3, 0.4) is 0 Å². The van der Waals surface area contributed by atoms with Gasteiger partial charge >= 0.3 is 0 Å². The SMILES string of the molecule is COc1cc(/C=C2/SC(=S)N(c3ccccc3)C2=O)cc(Cl)c1OCc1ccccc1Cl. The first-order valence-electron chi connectivity index (χ1n) is 9.54. The molecule has 0 aliphatic carbocycles. The maximum atomic E-state index is 13.0. The van der Waals surface area contributed by atoms with Crippen molar-refractivity contribution in [3.63, 3.8) is 0 Å². The molecular weight excluding hydrogens is 485 g/mol. The van der Waals surface area contributed by atoms with Crippen molar-refractivity contribution in [2.45, 2.75) is 6.61 Å². The van der Waals surface area contributed by atoms with Gasteiger partial charge in [0, 0.05) is 10.6 Å². The second-order valence-electron chi connectivity index (χ2n) is 6.77. The number of para-hydroxylation sites is 1. The fraction of sp³-hybridized carbons (Fsp3) is 0.0833. The van der Waals surface area contributed by atoms with Crippen LogP contribution in [0.15, 0.2) is 71.6 Å². The molecule has 4 rings (SSSR count). The van der Waals surface area contributed by atoms with Gasteiger partial charge < -0.3 is 9.47 Å². The summed E-state index contributed by atoms with van der Waals surface area (Å²) >= 11 is 19.4. The number of hydrogen-bond acceptors (Lipinski definition) is 5. The van der Waals surface area contributed by atoms with E-state index >= 15 is 0 Å². The maximum Gasteiger partial charge on any atom is 0.270 e. The van der Waals surface area contributed by atoms with Crippen LogP contribution in [0.5, 0.6) is 11.5 Å². The van der Waals surface area contributed by atoms with E-state index in [1.807, 2.05) is 48.5 Å². The third-order valence-corrected chi connectivity index (χ3v) is 6.64. The van der Waals surface area contributed by atoms with Crippen LogP contribution in [-0.4, -0.2) is 17.3 Å². The molecule has 4 nitrogen and oxygen atoms in total. The molecule has 1 heterocycles. The van der Waals surface area contributed by atoms with Crippen LogP contribution in [-0.2, 0) is 11.4 Å². The van der Waals surface area contributed by atoms with Gasteiger partial charge in [-0.15, -0.1) is 0 Å². The molecule has 1 saturated heterocycles. The molecule has 0 spiro atoms. The molecule has 0 saturated carbocycles. The number of anilines is 1. The number of carbonyl (C=O) groups excluding carboxylic acids is 1. The van der Waals surface area contributed by atoms with Gasteiger partial charge in [-0.25, -0.2) is 0 Å². The summed E-state index contributed by atoms with van der Waals surface area (Å²) in [7, 11) is 1.53. The molecule has 162 valence electrons. The molecule has 0 aromatic heterocycles. The highest BCUT2D eigenvalue weighted by atomic mass is 35.5. The zero-order valence-electron chi connectivity index (χ0n) is 16.9. The maximum absolute atomic E-state index is 13.0. The van der Waals surface area contributed by atoms with E-state index in [1.165, 1.54) is 23.8 Å². The third-order valence-electron chi connectivity index (χ3n) is 4.69. The molecule has 0 radical (unpaired) electrons. The Balaban J connectivity index is 1.59. The van der Waals surface area contributed by atoms with Crippen LogP contribution in [0.25, 0.3) is 6.08 Å². The Hall–Kier alpha value is -2.51. The molecule has 1 fully saturated rings. The largest absolute Gasteiger partial charge is 0.493 e. The summed E-state index contributed by atoms with van der Waals surface area (Å²) in [4.78, 5) is 15.0. The smallest absolute Gasteiger partial charge is 0.270 e. The van der Waals surface area contributed by atoms with Crippen molar-refractivity contribution in [3.05, 3.63) is 92.8 Å². The average molecular weight is 502 g/mol. The number of thioether (sulfide) groups is 1. The van der Waals surface area contributed by atoms with E-state index < -0.39 is 0 Å². The van der Waals surface area contributed by atoms with Gasteiger partial charge in [0.2, 0.25) is 0 Å². The van der Waals surface area contributed by atoms with Gasteiger partial charge in [-0.3, -0.25) is 9.69 Å². The zero-order valence-corrected chi connectivity index (χ0v) is 20.0. The molecule has 32 heavy (non-hydrogen) atoms. The summed E-state index contributed by atoms with van der Waals surface area (Å²) in [6.45, 7) is 0.241. The number of thiocarbonyl (C=S) groups is 1. The zero-order chi connectivity index (χ0) is 22.7. The number of halogens is 2. The summed E-state index contributed by atoms with van der Waals surface area (Å²) in [6, 6.07) is 20.2. The van der Waals surface area contributed by atoms with Gasteiger partial charge in [-0.05, 0) is 42.0 Å². The molecule has 3 aromatic carbocycles. The first kappa shape index (κ1) is 22.7. The lowest BCUT2D eigenvalue weighted by molar-refractivity contribution is -0.113. The number of ether oxygens (including phenoxy) is 2. The Bertz CT molecular complexity index is 1220. The van der Waals surface area contributed by atoms with Gasteiger partial charge in [-0.1, -0.05) is 83.6 Å². The Labute approximate surface area is 205 Å². The van der Waals surface area contributed by atoms with Crippen molar-refractivity contribution >= 4 is 69.2 Å². The molecule has 0 atom stereocenters. The quantitative estimate of drug-likeness (QED) is 0.269. The predicted molar refractivity (Wildman–Crippen MR) is 136 cm³/mol. The van der Waals surface area contributed by atoms with Crippen LogP contribution in [0.1, 0.15) is 11.1 Å². The number of amides is 1. The average Bonchev–Trinajstić information content (AvgIpc) is 3.07. The standard InChI is InChI=1S/C24H17Cl2NO3S2/c1-29-20-12-15(11-19(26)22(20)30-14-16-7-5-6-10-18(16)25)13-21-23(28)27(24(31)32-21)17-8-3-2-4-9-17/h2-13H,14H2,1H3/b21-13+. The fourth-order valence-corrected chi connectivity index (χ4v) is 4.91. The number of nitrogens with zero attached hydrogens (tertiary/aromatic N) is 1. The van der Waals surface area contributed by atoms with Gasteiger partial charge in [0.15, 0.2) is 15.8 Å². The van der Waals surface area contributed by atoms with Gasteiger partial charge in [0.25, 0.3) is 5.91 Å². The number of hydrogen-bond donors (Lipinski definition) is 0. The van der Waals surface area contributed by atoms with Crippen molar-refractivity contribution < 1.29 is 14.3 Å². The van der Waals surface area contributed by atoms with Crippen LogP contribution in [0.2, 0.25) is 10.0 Å². The van der Waals surface area contributed by atoms with E-state index in [0.717, 1.165) is 11.3 Å². The van der Waals surface area contributed by atoms with Crippen LogP contribution >= 0.6 is 47.2 Å². The van der Waals surface area contributed by atoms with E-state index in [9.17, 15) is 4.79 Å². The van der Waals surface area contributed by atoms with Crippen LogP contribution in [0.4, 0.5) is 5.69 Å². The van der Waals surface area contributed by atoms with E-state index in [4.69, 9.17) is 44.9 Å². The second-order valence-corrected chi connectivity index (χ2v) is 9.26. The minimum Gasteiger partial charge on any atom is -0.493 e. The second kappa shape index (κ2) is 9.96. The highest BCUT2D eigenvalue weighted by Crippen LogP contribution is 2.40. The first-order valence-corrected chi connectivity index (χ1v) is 11.5. The molecule has 3 aromatic rings. The van der Waals surface area contributed by atoms with Crippen LogP contribution in [0, 0.1) is 0 Å². The van der Waals surface area contributed by atoms with Gasteiger partial charge in [0.05, 0.1) is 22.7 Å². The van der Waals surface area contributed by atoms with Crippen molar-refractivity contribution in [2.75, 3.05) is 12.0 Å². The molecular formula is C24H17Cl2NO3S2. The monoisotopic (exact) mass is 501 g/mol. The lowest BCUT2D eigenvalue weighted by Crippen LogP contribution is -2.27. The Morgan fingerprint density at radius 3 is 2.47 bits per heavy atom. The number of rotatable bonds is 6. The topological polar surface area (TPSA) is 38.8 Å². The summed E-state index contributed by atoms with van der Waals surface area (Å²) in [5, 5.41) is 0.973. The van der Waals surface area contributed by atoms with Crippen molar-refractivity contribution in [1.29, 1.82) is 0 Å². The number of benzene rings is 3. The Morgan fingerprint density at radius 1 is 1.03 bits per heavy atom. The highest BCUT2D eigenvalue weighted by Gasteiger charge is 2.33. The molecule has 8 heteroatoms. The molecule has 0 unspecified atom stereocenters. The minimum absolute atomic E-state index is 0.180. The van der Waals surface area contributed by atoms with E-state index in [1.54, 1.807) is 24.3 Å². The first-order chi connectivity index (χ1) is 15.5. The fourth-order valence-electron chi connectivity index (χ4n) is 3.15. The molecule has 1 aliphatic rings. The third kappa shape index (κ3) is 4.79. The summed E-state index contributed by atoms with van der Waals surface area (Å²) in [5.74, 6) is 0.678. The molecule has 1 amide bonds. The summed E-state index contributed by atoms with van der Waals surface area (Å²) < 4.78 is 11.9. The van der Waals surface area contributed by atoms with Crippen LogP contribution < -0.4 is 14.4 Å². The molecule has 0 N–H and O–H groups in total. The summed E-state index contributed by atoms with van der Waals surface area (Å²) in [6.07, 6.45) is 1.74. The normalized spacial score (nSPS) is 14.8. The summed E-state index contributed by atoms with van der Waals surface area (Å²) in [5.41, 5.74) is 2.27. The Morgan fingerprint density at radius 2 is 1.75 bits per heavy atom.